The van der Waals surface area contributed by atoms with Crippen molar-refractivity contribution in [2.45, 2.75) is 53.8 Å². The summed E-state index contributed by atoms with van der Waals surface area (Å²) in [5.41, 5.74) is 0. The maximum atomic E-state index is 10.3. The second kappa shape index (κ2) is 14.3. The normalized spacial score (nSPS) is 12.7. The van der Waals surface area contributed by atoms with Crippen molar-refractivity contribution in [2.24, 2.45) is 0 Å². The maximum Gasteiger partial charge on any atom is 0.302 e. The Kier molecular flexibility index (Phi) is 15.1. The van der Waals surface area contributed by atoms with Crippen LogP contribution in [-0.2, 0) is 28.5 Å². The molecule has 0 heterocycles. The molecule has 2 unspecified atom stereocenters. The van der Waals surface area contributed by atoms with Crippen LogP contribution in [0.3, 0.4) is 0 Å². The van der Waals surface area contributed by atoms with Gasteiger partial charge in [-0.25, -0.2) is 0 Å². The minimum Gasteiger partial charge on any atom is -0.460 e. The Morgan fingerprint density at radius 2 is 1.10 bits per heavy atom. The number of ether oxygens (including phenoxy) is 4. The maximum absolute atomic E-state index is 10.3. The predicted octanol–water partition coefficient (Wildman–Crippen LogP) is 1.95. The van der Waals surface area contributed by atoms with E-state index in [1.807, 2.05) is 13.8 Å². The smallest absolute Gasteiger partial charge is 0.302 e. The van der Waals surface area contributed by atoms with E-state index in [0.717, 1.165) is 0 Å². The zero-order valence-electron chi connectivity index (χ0n) is 13.4. The van der Waals surface area contributed by atoms with E-state index in [1.165, 1.54) is 13.8 Å². The van der Waals surface area contributed by atoms with Crippen molar-refractivity contribution in [3.05, 3.63) is 0 Å². The van der Waals surface area contributed by atoms with Crippen LogP contribution in [0.15, 0.2) is 0 Å². The lowest BCUT2D eigenvalue weighted by molar-refractivity contribution is -0.149. The molecule has 2 atom stereocenters. The summed E-state index contributed by atoms with van der Waals surface area (Å²) in [4.78, 5) is 20.7. The fourth-order valence-electron chi connectivity index (χ4n) is 1.20. The van der Waals surface area contributed by atoms with Gasteiger partial charge in [0.1, 0.15) is 12.2 Å². The van der Waals surface area contributed by atoms with Crippen LogP contribution in [-0.4, -0.2) is 50.6 Å². The summed E-state index contributed by atoms with van der Waals surface area (Å²) in [6, 6.07) is 0. The third kappa shape index (κ3) is 19.2. The molecule has 0 bridgehead atoms. The highest BCUT2D eigenvalue weighted by molar-refractivity contribution is 5.66. The highest BCUT2D eigenvalue weighted by atomic mass is 16.6. The molecule has 0 aromatic heterocycles. The van der Waals surface area contributed by atoms with Gasteiger partial charge in [0.15, 0.2) is 0 Å². The SMILES string of the molecule is CCOCC(C)OC(C)=O.CCOCC(C)OC(C)=O. The number of carbonyl (C=O) groups excluding carboxylic acids is 2. The minimum atomic E-state index is -0.257. The highest BCUT2D eigenvalue weighted by Gasteiger charge is 2.03. The minimum absolute atomic E-state index is 0.127. The molecule has 0 amide bonds. The lowest BCUT2D eigenvalue weighted by Crippen LogP contribution is -2.18. The van der Waals surface area contributed by atoms with Gasteiger partial charge in [0.25, 0.3) is 0 Å². The fourth-order valence-corrected chi connectivity index (χ4v) is 1.20. The van der Waals surface area contributed by atoms with Crippen molar-refractivity contribution < 1.29 is 28.5 Å². The second-order valence-electron chi connectivity index (χ2n) is 4.16. The standard InChI is InChI=1S/2C7H14O3/c2*1-4-9-5-6(2)10-7(3)8/h2*6H,4-5H2,1-3H3. The molecular weight excluding hydrogens is 264 g/mol. The molecule has 120 valence electrons. The average molecular weight is 292 g/mol. The monoisotopic (exact) mass is 292 g/mol. The van der Waals surface area contributed by atoms with Crippen LogP contribution >= 0.6 is 0 Å². The Hall–Kier alpha value is -1.14. The van der Waals surface area contributed by atoms with Crippen molar-refractivity contribution >= 4 is 11.9 Å². The Morgan fingerprint density at radius 1 is 0.800 bits per heavy atom. The van der Waals surface area contributed by atoms with Crippen LogP contribution in [0, 0.1) is 0 Å². The molecule has 6 nitrogen and oxygen atoms in total. The van der Waals surface area contributed by atoms with E-state index in [4.69, 9.17) is 18.9 Å². The summed E-state index contributed by atoms with van der Waals surface area (Å²) < 4.78 is 19.6. The van der Waals surface area contributed by atoms with Crippen LogP contribution in [0.2, 0.25) is 0 Å². The molecule has 0 saturated carbocycles. The first-order chi connectivity index (χ1) is 9.33. The summed E-state index contributed by atoms with van der Waals surface area (Å²) in [5.74, 6) is -0.514. The van der Waals surface area contributed by atoms with E-state index < -0.39 is 0 Å². The molecule has 0 radical (unpaired) electrons. The van der Waals surface area contributed by atoms with E-state index in [0.29, 0.717) is 26.4 Å². The average Bonchev–Trinajstić information content (AvgIpc) is 2.33. The quantitative estimate of drug-likeness (QED) is 0.637. The van der Waals surface area contributed by atoms with Crippen LogP contribution in [0.25, 0.3) is 0 Å². The lowest BCUT2D eigenvalue weighted by atomic mass is 10.4. The second-order valence-corrected chi connectivity index (χ2v) is 4.16. The van der Waals surface area contributed by atoms with E-state index in [-0.39, 0.29) is 24.1 Å². The third-order valence-electron chi connectivity index (χ3n) is 1.85. The zero-order valence-corrected chi connectivity index (χ0v) is 13.4. The predicted molar refractivity (Wildman–Crippen MR) is 75.4 cm³/mol. The molecule has 0 aromatic rings. The number of esters is 2. The Labute approximate surface area is 121 Å². The summed E-state index contributed by atoms with van der Waals surface area (Å²) in [6.07, 6.45) is -0.255. The van der Waals surface area contributed by atoms with Crippen LogP contribution in [0.4, 0.5) is 0 Å². The molecular formula is C14H28O6. The zero-order chi connectivity index (χ0) is 16.0. The van der Waals surface area contributed by atoms with Crippen molar-refractivity contribution in [3.8, 4) is 0 Å². The van der Waals surface area contributed by atoms with E-state index >= 15 is 0 Å². The van der Waals surface area contributed by atoms with Crippen molar-refractivity contribution in [1.29, 1.82) is 0 Å². The van der Waals surface area contributed by atoms with Gasteiger partial charge in [0.05, 0.1) is 13.2 Å². The van der Waals surface area contributed by atoms with Gasteiger partial charge in [-0.2, -0.15) is 0 Å². The van der Waals surface area contributed by atoms with Gasteiger partial charge in [0.2, 0.25) is 0 Å². The lowest BCUT2D eigenvalue weighted by Gasteiger charge is -2.10. The van der Waals surface area contributed by atoms with Crippen molar-refractivity contribution in [2.75, 3.05) is 26.4 Å². The first-order valence-electron chi connectivity index (χ1n) is 6.83. The first-order valence-corrected chi connectivity index (χ1v) is 6.83. The molecule has 0 fully saturated rings. The summed E-state index contributed by atoms with van der Waals surface area (Å²) >= 11 is 0. The van der Waals surface area contributed by atoms with Crippen molar-refractivity contribution in [1.82, 2.24) is 0 Å². The van der Waals surface area contributed by atoms with Crippen LogP contribution < -0.4 is 0 Å². The van der Waals surface area contributed by atoms with Crippen LogP contribution in [0.1, 0.15) is 41.5 Å². The summed E-state index contributed by atoms with van der Waals surface area (Å²) in [7, 11) is 0. The van der Waals surface area contributed by atoms with Gasteiger partial charge in [-0.05, 0) is 27.7 Å². The van der Waals surface area contributed by atoms with Gasteiger partial charge in [-0.1, -0.05) is 0 Å². The van der Waals surface area contributed by atoms with Gasteiger partial charge >= 0.3 is 11.9 Å². The molecule has 0 aliphatic rings. The van der Waals surface area contributed by atoms with Crippen LogP contribution in [0.5, 0.6) is 0 Å². The Bertz CT molecular complexity index is 228. The van der Waals surface area contributed by atoms with Gasteiger partial charge in [0, 0.05) is 27.1 Å². The Balaban J connectivity index is 0. The summed E-state index contributed by atoms with van der Waals surface area (Å²) in [6.45, 7) is 12.5. The number of hydrogen-bond acceptors (Lipinski definition) is 6. The fraction of sp³-hybridized carbons (Fsp3) is 0.857. The molecule has 0 aliphatic heterocycles. The topological polar surface area (TPSA) is 71.1 Å². The molecule has 0 aliphatic carbocycles. The molecule has 20 heavy (non-hydrogen) atoms. The van der Waals surface area contributed by atoms with Gasteiger partial charge in [-0.15, -0.1) is 0 Å². The third-order valence-corrected chi connectivity index (χ3v) is 1.85. The van der Waals surface area contributed by atoms with Crippen molar-refractivity contribution in [3.63, 3.8) is 0 Å². The van der Waals surface area contributed by atoms with E-state index in [2.05, 4.69) is 0 Å². The summed E-state index contributed by atoms with van der Waals surface area (Å²) in [5, 5.41) is 0. The van der Waals surface area contributed by atoms with Gasteiger partial charge < -0.3 is 18.9 Å². The molecule has 6 heteroatoms. The first kappa shape index (κ1) is 21.2. The molecule has 0 aromatic carbocycles. The number of hydrogen-bond donors (Lipinski definition) is 0. The molecule has 0 rings (SSSR count). The molecule has 0 N–H and O–H groups in total. The van der Waals surface area contributed by atoms with E-state index in [9.17, 15) is 9.59 Å². The highest BCUT2D eigenvalue weighted by Crippen LogP contribution is 1.92. The number of carbonyl (C=O) groups is 2. The molecule has 0 spiro atoms. The Morgan fingerprint density at radius 3 is 1.30 bits per heavy atom. The largest absolute Gasteiger partial charge is 0.460 e. The number of rotatable bonds is 8. The molecule has 0 saturated heterocycles. The van der Waals surface area contributed by atoms with Gasteiger partial charge in [-0.3, -0.25) is 9.59 Å². The van der Waals surface area contributed by atoms with E-state index in [1.54, 1.807) is 13.8 Å².